The van der Waals surface area contributed by atoms with Gasteiger partial charge in [-0.15, -0.1) is 0 Å². The largest absolute Gasteiger partial charge is 0.355 e. The fourth-order valence-corrected chi connectivity index (χ4v) is 1.96. The maximum atomic E-state index is 11.2. The number of carbonyl (C=O) groups excluding carboxylic acids is 1. The van der Waals surface area contributed by atoms with Gasteiger partial charge < -0.3 is 5.32 Å². The Morgan fingerprint density at radius 1 is 1.42 bits per heavy atom. The summed E-state index contributed by atoms with van der Waals surface area (Å²) < 4.78 is 1.52. The number of carbonyl (C=O) groups is 1. The van der Waals surface area contributed by atoms with Gasteiger partial charge in [-0.3, -0.25) is 4.79 Å². The summed E-state index contributed by atoms with van der Waals surface area (Å²) in [7, 11) is 1.60. The zero-order valence-corrected chi connectivity index (χ0v) is 9.49. The van der Waals surface area contributed by atoms with E-state index in [-0.39, 0.29) is 5.91 Å². The highest BCUT2D eigenvalue weighted by Crippen LogP contribution is 2.18. The summed E-state index contributed by atoms with van der Waals surface area (Å²) in [4.78, 5) is 11.2. The quantitative estimate of drug-likeness (QED) is 0.846. The zero-order chi connectivity index (χ0) is 9.14. The van der Waals surface area contributed by atoms with Gasteiger partial charge in [0.2, 0.25) is 0 Å². The smallest absolute Gasteiger partial charge is 0.251 e. The van der Waals surface area contributed by atoms with Crippen LogP contribution in [-0.4, -0.2) is 13.0 Å². The molecule has 1 aromatic carbocycles. The molecule has 0 fully saturated rings. The number of benzene rings is 1. The highest BCUT2D eigenvalue weighted by Gasteiger charge is 2.04. The summed E-state index contributed by atoms with van der Waals surface area (Å²) >= 11 is 6.49. The first kappa shape index (κ1) is 9.74. The molecule has 0 spiro atoms. The summed E-state index contributed by atoms with van der Waals surface area (Å²) in [6.07, 6.45) is 0. The van der Waals surface area contributed by atoms with Crippen molar-refractivity contribution < 1.29 is 4.79 Å². The van der Waals surface area contributed by atoms with E-state index in [0.717, 1.165) is 8.95 Å². The lowest BCUT2D eigenvalue weighted by Gasteiger charge is -2.00. The van der Waals surface area contributed by atoms with Crippen LogP contribution in [-0.2, 0) is 0 Å². The van der Waals surface area contributed by atoms with E-state index in [1.165, 1.54) is 0 Å². The summed E-state index contributed by atoms with van der Waals surface area (Å²) in [6.45, 7) is 0. The molecule has 0 unspecified atom stereocenters. The molecule has 0 aliphatic rings. The highest BCUT2D eigenvalue weighted by atomic mass is 79.9. The molecule has 0 bridgehead atoms. The minimum absolute atomic E-state index is 0.106. The Hall–Kier alpha value is -0.350. The van der Waals surface area contributed by atoms with Gasteiger partial charge in [0.1, 0.15) is 0 Å². The number of amides is 1. The lowest BCUT2D eigenvalue weighted by molar-refractivity contribution is 0.0963. The molecule has 0 aliphatic carbocycles. The number of halogens is 2. The molecule has 0 aliphatic heterocycles. The molecule has 0 aromatic heterocycles. The molecular formula is C8H6Br2NO. The van der Waals surface area contributed by atoms with Crippen molar-refractivity contribution in [3.8, 4) is 0 Å². The molecule has 63 valence electrons. The molecule has 1 radical (unpaired) electrons. The van der Waals surface area contributed by atoms with E-state index >= 15 is 0 Å². The zero-order valence-electron chi connectivity index (χ0n) is 6.32. The van der Waals surface area contributed by atoms with E-state index in [0.29, 0.717) is 5.56 Å². The number of hydrogen-bond acceptors (Lipinski definition) is 1. The van der Waals surface area contributed by atoms with E-state index in [4.69, 9.17) is 0 Å². The van der Waals surface area contributed by atoms with Crippen LogP contribution in [0.4, 0.5) is 0 Å². The molecule has 0 heterocycles. The van der Waals surface area contributed by atoms with Gasteiger partial charge in [0.25, 0.3) is 5.91 Å². The fraction of sp³-hybridized carbons (Fsp3) is 0.125. The second kappa shape index (κ2) is 4.05. The molecule has 0 saturated carbocycles. The summed E-state index contributed by atoms with van der Waals surface area (Å²) in [6, 6.07) is 6.37. The van der Waals surface area contributed by atoms with Gasteiger partial charge in [0.05, 0.1) is 0 Å². The maximum absolute atomic E-state index is 11.2. The van der Waals surface area contributed by atoms with Gasteiger partial charge in [-0.05, 0) is 12.1 Å². The first-order valence-corrected chi connectivity index (χ1v) is 4.82. The van der Waals surface area contributed by atoms with E-state index in [2.05, 4.69) is 43.2 Å². The first-order valence-electron chi connectivity index (χ1n) is 3.24. The monoisotopic (exact) mass is 290 g/mol. The van der Waals surface area contributed by atoms with Gasteiger partial charge in [0, 0.05) is 27.6 Å². The predicted molar refractivity (Wildman–Crippen MR) is 54.1 cm³/mol. The van der Waals surface area contributed by atoms with E-state index in [1.807, 2.05) is 0 Å². The van der Waals surface area contributed by atoms with Crippen LogP contribution in [0, 0.1) is 6.07 Å². The Balaban J connectivity index is 3.08. The third-order valence-corrected chi connectivity index (χ3v) is 2.15. The SMILES string of the molecule is CNC(=O)c1cc(Br)[c]c(Br)c1. The third kappa shape index (κ3) is 2.32. The van der Waals surface area contributed by atoms with E-state index < -0.39 is 0 Å². The summed E-state index contributed by atoms with van der Waals surface area (Å²) in [5, 5.41) is 2.54. The third-order valence-electron chi connectivity index (χ3n) is 1.29. The first-order chi connectivity index (χ1) is 5.63. The standard InChI is InChI=1S/C8H6Br2NO/c1-11-8(12)5-2-6(9)4-7(10)3-5/h2-3H,1H3,(H,11,12). The van der Waals surface area contributed by atoms with Crippen LogP contribution in [0.1, 0.15) is 10.4 Å². The van der Waals surface area contributed by atoms with Crippen LogP contribution in [0.5, 0.6) is 0 Å². The Kier molecular flexibility index (Phi) is 3.29. The molecule has 4 heteroatoms. The molecule has 2 nitrogen and oxygen atoms in total. The fourth-order valence-electron chi connectivity index (χ4n) is 0.776. The van der Waals surface area contributed by atoms with E-state index in [9.17, 15) is 4.79 Å². The van der Waals surface area contributed by atoms with Crippen molar-refractivity contribution in [3.05, 3.63) is 32.7 Å². The molecule has 12 heavy (non-hydrogen) atoms. The maximum Gasteiger partial charge on any atom is 0.251 e. The van der Waals surface area contributed by atoms with Crippen LogP contribution < -0.4 is 5.32 Å². The second-order valence-electron chi connectivity index (χ2n) is 2.14. The average Bonchev–Trinajstić information content (AvgIpc) is 2.01. The Morgan fingerprint density at radius 3 is 2.33 bits per heavy atom. The molecule has 1 amide bonds. The van der Waals surface area contributed by atoms with Crippen molar-refractivity contribution in [2.24, 2.45) is 0 Å². The van der Waals surface area contributed by atoms with Crippen LogP contribution in [0.2, 0.25) is 0 Å². The van der Waals surface area contributed by atoms with Crippen LogP contribution in [0.3, 0.4) is 0 Å². The van der Waals surface area contributed by atoms with Crippen molar-refractivity contribution in [1.82, 2.24) is 5.32 Å². The Bertz CT molecular complexity index is 292. The minimum Gasteiger partial charge on any atom is -0.355 e. The molecule has 1 aromatic rings. The molecular weight excluding hydrogens is 286 g/mol. The van der Waals surface area contributed by atoms with Crippen LogP contribution in [0.25, 0.3) is 0 Å². The molecule has 1 rings (SSSR count). The number of rotatable bonds is 1. The molecule has 0 atom stereocenters. The summed E-state index contributed by atoms with van der Waals surface area (Å²) in [5.74, 6) is -0.106. The van der Waals surface area contributed by atoms with Crippen molar-refractivity contribution in [2.75, 3.05) is 7.05 Å². The van der Waals surface area contributed by atoms with Gasteiger partial charge in [0.15, 0.2) is 0 Å². The van der Waals surface area contributed by atoms with Gasteiger partial charge in [-0.2, -0.15) is 0 Å². The lowest BCUT2D eigenvalue weighted by atomic mass is 10.2. The average molecular weight is 292 g/mol. The number of hydrogen-bond donors (Lipinski definition) is 1. The van der Waals surface area contributed by atoms with Crippen molar-refractivity contribution in [3.63, 3.8) is 0 Å². The molecule has 0 saturated heterocycles. The van der Waals surface area contributed by atoms with Crippen molar-refractivity contribution in [1.29, 1.82) is 0 Å². The van der Waals surface area contributed by atoms with Gasteiger partial charge in [-0.1, -0.05) is 31.9 Å². The van der Waals surface area contributed by atoms with E-state index in [1.54, 1.807) is 19.2 Å². The number of nitrogens with one attached hydrogen (secondary N) is 1. The molecule has 1 N–H and O–H groups in total. The minimum atomic E-state index is -0.106. The Labute approximate surface area is 87.6 Å². The van der Waals surface area contributed by atoms with Gasteiger partial charge >= 0.3 is 0 Å². The van der Waals surface area contributed by atoms with Gasteiger partial charge in [-0.25, -0.2) is 0 Å². The predicted octanol–water partition coefficient (Wildman–Crippen LogP) is 2.37. The normalized spacial score (nSPS) is 9.58. The van der Waals surface area contributed by atoms with Crippen molar-refractivity contribution >= 4 is 37.8 Å². The topological polar surface area (TPSA) is 29.1 Å². The second-order valence-corrected chi connectivity index (χ2v) is 3.85. The highest BCUT2D eigenvalue weighted by molar-refractivity contribution is 9.11. The van der Waals surface area contributed by atoms with Crippen LogP contribution in [0.15, 0.2) is 21.1 Å². The Morgan fingerprint density at radius 2 is 1.92 bits per heavy atom. The lowest BCUT2D eigenvalue weighted by Crippen LogP contribution is -2.17. The van der Waals surface area contributed by atoms with Crippen molar-refractivity contribution in [2.45, 2.75) is 0 Å². The summed E-state index contributed by atoms with van der Waals surface area (Å²) in [5.41, 5.74) is 0.606. The van der Waals surface area contributed by atoms with Crippen LogP contribution >= 0.6 is 31.9 Å².